The second-order valence-corrected chi connectivity index (χ2v) is 5.65. The zero-order valence-electron chi connectivity index (χ0n) is 13.8. The van der Waals surface area contributed by atoms with Crippen LogP contribution in [0.15, 0.2) is 78.9 Å². The Morgan fingerprint density at radius 2 is 1.15 bits per heavy atom. The third kappa shape index (κ3) is 3.48. The maximum Gasteiger partial charge on any atom is 0.509 e. The van der Waals surface area contributed by atoms with Crippen molar-refractivity contribution in [1.82, 2.24) is 0 Å². The highest BCUT2D eigenvalue weighted by molar-refractivity contribution is 6.63. The number of hydrogen-bond donors (Lipinski definition) is 2. The van der Waals surface area contributed by atoms with E-state index in [1.807, 2.05) is 0 Å². The molecular weight excluding hydrogens is 329 g/mol. The first-order chi connectivity index (χ1) is 12.6. The van der Waals surface area contributed by atoms with E-state index in [2.05, 4.69) is 4.76 Å². The van der Waals surface area contributed by atoms with E-state index in [-0.39, 0.29) is 28.2 Å². The molecule has 5 nitrogen and oxygen atoms in total. The summed E-state index contributed by atoms with van der Waals surface area (Å²) < 4.78 is 4.54. The Hall–Kier alpha value is -3.06. The summed E-state index contributed by atoms with van der Waals surface area (Å²) >= 11 is 0. The second-order valence-electron chi connectivity index (χ2n) is 5.65. The molecule has 0 fully saturated rings. The topological polar surface area (TPSA) is 89.6 Å². The van der Waals surface area contributed by atoms with Crippen LogP contribution in [0.25, 0.3) is 0 Å². The first-order valence-electron chi connectivity index (χ1n) is 7.99. The van der Waals surface area contributed by atoms with Crippen molar-refractivity contribution in [3.05, 3.63) is 101 Å². The van der Waals surface area contributed by atoms with Crippen LogP contribution in [0.5, 0.6) is 0 Å². The molecule has 0 saturated carbocycles. The molecule has 0 aliphatic heterocycles. The SMILES string of the molecule is NOB(O)c1c(C(=O)c2ccccc2)cccc1C(=O)c1ccccc1. The van der Waals surface area contributed by atoms with E-state index < -0.39 is 7.12 Å². The Kier molecular flexibility index (Phi) is 5.38. The lowest BCUT2D eigenvalue weighted by molar-refractivity contribution is 0.103. The molecule has 26 heavy (non-hydrogen) atoms. The second kappa shape index (κ2) is 7.88. The normalized spacial score (nSPS) is 10.4. The van der Waals surface area contributed by atoms with Gasteiger partial charge in [0.05, 0.1) is 0 Å². The van der Waals surface area contributed by atoms with Crippen molar-refractivity contribution in [3.63, 3.8) is 0 Å². The van der Waals surface area contributed by atoms with Gasteiger partial charge in [0.1, 0.15) is 0 Å². The number of rotatable bonds is 6. The molecule has 0 saturated heterocycles. The monoisotopic (exact) mass is 345 g/mol. The molecule has 0 aliphatic carbocycles. The van der Waals surface area contributed by atoms with E-state index in [1.54, 1.807) is 66.7 Å². The number of carbonyl (C=O) groups is 2. The smallest absolute Gasteiger partial charge is 0.422 e. The van der Waals surface area contributed by atoms with Crippen LogP contribution in [-0.4, -0.2) is 23.7 Å². The van der Waals surface area contributed by atoms with Crippen LogP contribution >= 0.6 is 0 Å². The lowest BCUT2D eigenvalue weighted by atomic mass is 9.71. The van der Waals surface area contributed by atoms with Crippen molar-refractivity contribution in [2.45, 2.75) is 0 Å². The van der Waals surface area contributed by atoms with Crippen molar-refractivity contribution < 1.29 is 19.4 Å². The minimum absolute atomic E-state index is 0.0534. The summed E-state index contributed by atoms with van der Waals surface area (Å²) in [6.45, 7) is 0. The van der Waals surface area contributed by atoms with Gasteiger partial charge >= 0.3 is 7.12 Å². The van der Waals surface area contributed by atoms with Gasteiger partial charge in [-0.3, -0.25) is 9.59 Å². The van der Waals surface area contributed by atoms with Crippen LogP contribution in [0.2, 0.25) is 0 Å². The van der Waals surface area contributed by atoms with Gasteiger partial charge in [-0.15, -0.1) is 0 Å². The third-order valence-corrected chi connectivity index (χ3v) is 4.04. The molecule has 3 aromatic rings. The van der Waals surface area contributed by atoms with Crippen LogP contribution in [0.3, 0.4) is 0 Å². The highest BCUT2D eigenvalue weighted by atomic mass is 16.6. The summed E-state index contributed by atoms with van der Waals surface area (Å²) in [7, 11) is -1.61. The predicted molar refractivity (Wildman–Crippen MR) is 99.1 cm³/mol. The number of ketones is 2. The van der Waals surface area contributed by atoms with E-state index in [1.165, 1.54) is 12.1 Å². The first kappa shape index (κ1) is 17.8. The van der Waals surface area contributed by atoms with Crippen LogP contribution in [0.4, 0.5) is 0 Å². The van der Waals surface area contributed by atoms with E-state index in [9.17, 15) is 14.6 Å². The molecule has 6 heteroatoms. The van der Waals surface area contributed by atoms with E-state index in [0.29, 0.717) is 11.1 Å². The molecule has 0 aromatic heterocycles. The van der Waals surface area contributed by atoms with E-state index >= 15 is 0 Å². The van der Waals surface area contributed by atoms with Crippen molar-refractivity contribution in [3.8, 4) is 0 Å². The summed E-state index contributed by atoms with van der Waals surface area (Å²) in [5.41, 5.74) is 1.24. The van der Waals surface area contributed by atoms with Crippen molar-refractivity contribution in [2.24, 2.45) is 5.90 Å². The largest absolute Gasteiger partial charge is 0.509 e. The van der Waals surface area contributed by atoms with Gasteiger partial charge < -0.3 is 9.78 Å². The van der Waals surface area contributed by atoms with Gasteiger partial charge in [-0.2, -0.15) is 0 Å². The minimum Gasteiger partial charge on any atom is -0.422 e. The predicted octanol–water partition coefficient (Wildman–Crippen LogP) is 1.73. The molecule has 0 unspecified atom stereocenters. The molecular formula is C20H16BNO4. The summed E-state index contributed by atoms with van der Waals surface area (Å²) in [6, 6.07) is 21.9. The Bertz CT molecular complexity index is 859. The van der Waals surface area contributed by atoms with Crippen LogP contribution in [-0.2, 0) is 4.76 Å². The fourth-order valence-corrected chi connectivity index (χ4v) is 2.79. The molecule has 0 radical (unpaired) electrons. The maximum absolute atomic E-state index is 12.9. The van der Waals surface area contributed by atoms with Gasteiger partial charge in [0.25, 0.3) is 0 Å². The molecule has 3 rings (SSSR count). The summed E-state index contributed by atoms with van der Waals surface area (Å²) in [5, 5.41) is 10.2. The molecule has 0 heterocycles. The van der Waals surface area contributed by atoms with E-state index in [0.717, 1.165) is 0 Å². The van der Waals surface area contributed by atoms with Crippen LogP contribution in [0, 0.1) is 0 Å². The molecule has 0 aliphatic rings. The lowest BCUT2D eigenvalue weighted by Crippen LogP contribution is -2.43. The number of nitrogens with two attached hydrogens (primary N) is 1. The Balaban J connectivity index is 2.15. The average Bonchev–Trinajstić information content (AvgIpc) is 2.72. The third-order valence-electron chi connectivity index (χ3n) is 4.04. The number of hydrogen-bond acceptors (Lipinski definition) is 5. The molecule has 0 spiro atoms. The lowest BCUT2D eigenvalue weighted by Gasteiger charge is -2.15. The zero-order chi connectivity index (χ0) is 18.5. The Morgan fingerprint density at radius 3 is 1.54 bits per heavy atom. The highest BCUT2D eigenvalue weighted by Gasteiger charge is 2.29. The zero-order valence-corrected chi connectivity index (χ0v) is 13.8. The van der Waals surface area contributed by atoms with Gasteiger partial charge in [0.2, 0.25) is 0 Å². The first-order valence-corrected chi connectivity index (χ1v) is 7.99. The number of benzene rings is 3. The molecule has 128 valence electrons. The quantitative estimate of drug-likeness (QED) is 0.403. The molecule has 3 N–H and O–H groups in total. The average molecular weight is 345 g/mol. The molecule has 0 bridgehead atoms. The van der Waals surface area contributed by atoms with Crippen molar-refractivity contribution >= 4 is 24.1 Å². The number of carbonyl (C=O) groups excluding carboxylic acids is 2. The maximum atomic E-state index is 12.9. The van der Waals surface area contributed by atoms with Crippen LogP contribution < -0.4 is 11.4 Å². The summed E-state index contributed by atoms with van der Waals surface area (Å²) in [5.74, 6) is 4.48. The standard InChI is InChI=1S/C20H16BNO4/c22-26-21(25)18-16(19(23)14-8-3-1-4-9-14)12-7-13-17(18)20(24)15-10-5-2-6-11-15/h1-13,25H,22H2. The van der Waals surface area contributed by atoms with Gasteiger partial charge in [-0.25, -0.2) is 5.90 Å². The fraction of sp³-hybridized carbons (Fsp3) is 0. The van der Waals surface area contributed by atoms with Gasteiger partial charge in [-0.05, 0) is 0 Å². The van der Waals surface area contributed by atoms with Crippen molar-refractivity contribution in [1.29, 1.82) is 0 Å². The summed E-state index contributed by atoms with van der Waals surface area (Å²) in [4.78, 5) is 25.8. The van der Waals surface area contributed by atoms with E-state index in [4.69, 9.17) is 5.90 Å². The molecule has 0 atom stereocenters. The van der Waals surface area contributed by atoms with Crippen molar-refractivity contribution in [2.75, 3.05) is 0 Å². The molecule has 3 aromatic carbocycles. The Morgan fingerprint density at radius 1 is 0.731 bits per heavy atom. The van der Waals surface area contributed by atoms with Gasteiger partial charge in [0, 0.05) is 27.7 Å². The minimum atomic E-state index is -1.61. The Labute approximate surface area is 151 Å². The fourth-order valence-electron chi connectivity index (χ4n) is 2.79. The highest BCUT2D eigenvalue weighted by Crippen LogP contribution is 2.14. The van der Waals surface area contributed by atoms with Gasteiger partial charge in [-0.1, -0.05) is 78.9 Å². The molecule has 0 amide bonds. The summed E-state index contributed by atoms with van der Waals surface area (Å²) in [6.07, 6.45) is 0. The van der Waals surface area contributed by atoms with Gasteiger partial charge in [0.15, 0.2) is 11.6 Å². The van der Waals surface area contributed by atoms with Crippen LogP contribution in [0.1, 0.15) is 31.8 Å².